The lowest BCUT2D eigenvalue weighted by Crippen LogP contribution is -2.25. The Kier molecular flexibility index (Phi) is 1.99. The van der Waals surface area contributed by atoms with E-state index in [1.54, 1.807) is 6.07 Å². The number of pyridine rings is 1. The maximum absolute atomic E-state index is 9.57. The molecule has 0 fully saturated rings. The summed E-state index contributed by atoms with van der Waals surface area (Å²) in [5.74, 6) is 0.307. The predicted octanol–water partition coefficient (Wildman–Crippen LogP) is 2.32. The number of phenols is 1. The van der Waals surface area contributed by atoms with Gasteiger partial charge in [-0.15, -0.1) is 0 Å². The minimum absolute atomic E-state index is 0.307. The third kappa shape index (κ3) is 1.32. The first-order valence-corrected chi connectivity index (χ1v) is 5.57. The first-order chi connectivity index (χ1) is 7.75. The van der Waals surface area contributed by atoms with Gasteiger partial charge in [-0.05, 0) is 36.6 Å². The summed E-state index contributed by atoms with van der Waals surface area (Å²) in [6, 6.07) is 5.36. The second-order valence-corrected chi connectivity index (χ2v) is 4.36. The summed E-state index contributed by atoms with van der Waals surface area (Å²) in [6.45, 7) is 1.07. The number of nitrogens with zero attached hydrogens (tertiary/aromatic N) is 2. The zero-order valence-electron chi connectivity index (χ0n) is 9.27. The Hall–Kier alpha value is -1.77. The van der Waals surface area contributed by atoms with E-state index in [1.165, 1.54) is 17.7 Å². The van der Waals surface area contributed by atoms with Gasteiger partial charge in [0.2, 0.25) is 0 Å². The number of fused-ring (bicyclic) bond motifs is 3. The quantitative estimate of drug-likeness (QED) is 0.731. The molecule has 16 heavy (non-hydrogen) atoms. The molecule has 2 aromatic rings. The lowest BCUT2D eigenvalue weighted by atomic mass is 10.0. The molecular weight excluding hydrogens is 200 g/mol. The molecule has 3 rings (SSSR count). The van der Waals surface area contributed by atoms with E-state index in [0.717, 1.165) is 23.9 Å². The third-order valence-corrected chi connectivity index (χ3v) is 3.22. The van der Waals surface area contributed by atoms with Gasteiger partial charge in [0, 0.05) is 25.2 Å². The zero-order chi connectivity index (χ0) is 11.1. The van der Waals surface area contributed by atoms with Crippen molar-refractivity contribution < 1.29 is 5.11 Å². The van der Waals surface area contributed by atoms with Crippen molar-refractivity contribution in [1.82, 2.24) is 4.98 Å². The summed E-state index contributed by atoms with van der Waals surface area (Å²) in [4.78, 5) is 6.68. The maximum Gasteiger partial charge on any atom is 0.116 e. The molecule has 3 nitrogen and oxygen atoms in total. The van der Waals surface area contributed by atoms with Gasteiger partial charge in [-0.25, -0.2) is 0 Å². The monoisotopic (exact) mass is 214 g/mol. The lowest BCUT2D eigenvalue weighted by Gasteiger charge is -2.28. The van der Waals surface area contributed by atoms with Crippen LogP contribution in [0.1, 0.15) is 12.0 Å². The van der Waals surface area contributed by atoms with E-state index in [2.05, 4.69) is 16.9 Å². The molecule has 0 saturated heterocycles. The van der Waals surface area contributed by atoms with Crippen molar-refractivity contribution in [2.24, 2.45) is 0 Å². The SMILES string of the molecule is CN1CCCc2cnc3ccc(O)cc3c21. The Labute approximate surface area is 94.3 Å². The summed E-state index contributed by atoms with van der Waals surface area (Å²) >= 11 is 0. The summed E-state index contributed by atoms with van der Waals surface area (Å²) in [7, 11) is 2.10. The second kappa shape index (κ2) is 3.37. The topological polar surface area (TPSA) is 36.4 Å². The van der Waals surface area contributed by atoms with Gasteiger partial charge in [-0.1, -0.05) is 0 Å². The molecule has 0 atom stereocenters. The maximum atomic E-state index is 9.57. The highest BCUT2D eigenvalue weighted by Gasteiger charge is 2.17. The predicted molar refractivity (Wildman–Crippen MR) is 65.0 cm³/mol. The first kappa shape index (κ1) is 9.46. The Morgan fingerprint density at radius 2 is 2.25 bits per heavy atom. The van der Waals surface area contributed by atoms with Crippen LogP contribution in [0.25, 0.3) is 10.9 Å². The summed E-state index contributed by atoms with van der Waals surface area (Å²) in [5.41, 5.74) is 3.46. The van der Waals surface area contributed by atoms with Crippen LogP contribution in [0, 0.1) is 0 Å². The molecule has 1 aromatic carbocycles. The largest absolute Gasteiger partial charge is 0.508 e. The van der Waals surface area contributed by atoms with Gasteiger partial charge in [0.05, 0.1) is 11.2 Å². The van der Waals surface area contributed by atoms with Gasteiger partial charge >= 0.3 is 0 Å². The van der Waals surface area contributed by atoms with Crippen molar-refractivity contribution in [3.8, 4) is 5.75 Å². The molecule has 1 aliphatic heterocycles. The van der Waals surface area contributed by atoms with Crippen molar-refractivity contribution in [3.63, 3.8) is 0 Å². The van der Waals surface area contributed by atoms with Crippen molar-refractivity contribution in [2.45, 2.75) is 12.8 Å². The van der Waals surface area contributed by atoms with Crippen molar-refractivity contribution >= 4 is 16.6 Å². The fourth-order valence-corrected chi connectivity index (χ4v) is 2.46. The molecule has 0 saturated carbocycles. The third-order valence-electron chi connectivity index (χ3n) is 3.22. The van der Waals surface area contributed by atoms with Gasteiger partial charge in [0.25, 0.3) is 0 Å². The highest BCUT2D eigenvalue weighted by atomic mass is 16.3. The van der Waals surface area contributed by atoms with Gasteiger partial charge in [0.1, 0.15) is 5.75 Å². The highest BCUT2D eigenvalue weighted by Crippen LogP contribution is 2.34. The molecule has 1 aromatic heterocycles. The number of hydrogen-bond acceptors (Lipinski definition) is 3. The number of rotatable bonds is 0. The Morgan fingerprint density at radius 3 is 3.12 bits per heavy atom. The number of phenolic OH excluding ortho intramolecular Hbond substituents is 1. The fraction of sp³-hybridized carbons (Fsp3) is 0.308. The van der Waals surface area contributed by atoms with Crippen LogP contribution < -0.4 is 4.90 Å². The Morgan fingerprint density at radius 1 is 1.38 bits per heavy atom. The summed E-state index contributed by atoms with van der Waals surface area (Å²) in [5, 5.41) is 10.6. The van der Waals surface area contributed by atoms with Crippen molar-refractivity contribution in [3.05, 3.63) is 30.0 Å². The van der Waals surface area contributed by atoms with Crippen molar-refractivity contribution in [2.75, 3.05) is 18.5 Å². The van der Waals surface area contributed by atoms with E-state index in [4.69, 9.17) is 0 Å². The number of hydrogen-bond donors (Lipinski definition) is 1. The van der Waals surface area contributed by atoms with Crippen LogP contribution in [0.2, 0.25) is 0 Å². The smallest absolute Gasteiger partial charge is 0.116 e. The Bertz CT molecular complexity index is 551. The van der Waals surface area contributed by atoms with Crippen LogP contribution in [0.5, 0.6) is 5.75 Å². The van der Waals surface area contributed by atoms with E-state index in [-0.39, 0.29) is 0 Å². The number of aryl methyl sites for hydroxylation is 1. The van der Waals surface area contributed by atoms with E-state index >= 15 is 0 Å². The Balaban J connectivity index is 2.36. The molecule has 0 spiro atoms. The summed E-state index contributed by atoms with van der Waals surface area (Å²) < 4.78 is 0. The van der Waals surface area contributed by atoms with E-state index in [0.29, 0.717) is 5.75 Å². The minimum atomic E-state index is 0.307. The molecule has 1 aliphatic rings. The molecule has 0 unspecified atom stereocenters. The normalized spacial score (nSPS) is 15.2. The fourth-order valence-electron chi connectivity index (χ4n) is 2.46. The van der Waals surface area contributed by atoms with E-state index in [1.807, 2.05) is 18.3 Å². The van der Waals surface area contributed by atoms with E-state index in [9.17, 15) is 5.11 Å². The first-order valence-electron chi connectivity index (χ1n) is 5.57. The van der Waals surface area contributed by atoms with Crippen LogP contribution in [0.15, 0.2) is 24.4 Å². The average molecular weight is 214 g/mol. The number of aromatic nitrogens is 1. The van der Waals surface area contributed by atoms with Gasteiger partial charge in [-0.3, -0.25) is 4.98 Å². The molecule has 82 valence electrons. The molecule has 0 bridgehead atoms. The van der Waals surface area contributed by atoms with Crippen LogP contribution in [-0.4, -0.2) is 23.7 Å². The van der Waals surface area contributed by atoms with Crippen LogP contribution >= 0.6 is 0 Å². The molecule has 0 amide bonds. The minimum Gasteiger partial charge on any atom is -0.508 e. The highest BCUT2D eigenvalue weighted by molar-refractivity contribution is 5.94. The molecular formula is C13H14N2O. The van der Waals surface area contributed by atoms with Crippen molar-refractivity contribution in [1.29, 1.82) is 0 Å². The van der Waals surface area contributed by atoms with Gasteiger partial charge in [-0.2, -0.15) is 0 Å². The van der Waals surface area contributed by atoms with Gasteiger partial charge in [0.15, 0.2) is 0 Å². The van der Waals surface area contributed by atoms with Crippen LogP contribution in [-0.2, 0) is 6.42 Å². The molecule has 0 radical (unpaired) electrons. The summed E-state index contributed by atoms with van der Waals surface area (Å²) in [6.07, 6.45) is 4.22. The molecule has 1 N–H and O–H groups in total. The van der Waals surface area contributed by atoms with E-state index < -0.39 is 0 Å². The molecule has 3 heteroatoms. The number of benzene rings is 1. The lowest BCUT2D eigenvalue weighted by molar-refractivity contribution is 0.476. The van der Waals surface area contributed by atoms with Crippen LogP contribution in [0.3, 0.4) is 0 Å². The zero-order valence-corrected chi connectivity index (χ0v) is 9.27. The molecule has 0 aliphatic carbocycles. The molecule has 2 heterocycles. The standard InChI is InChI=1S/C13H14N2O/c1-15-6-2-3-9-8-14-12-5-4-10(16)7-11(12)13(9)15/h4-5,7-8,16H,2-3,6H2,1H3. The number of aromatic hydroxyl groups is 1. The second-order valence-electron chi connectivity index (χ2n) is 4.36. The van der Waals surface area contributed by atoms with Gasteiger partial charge < -0.3 is 10.0 Å². The van der Waals surface area contributed by atoms with Crippen LogP contribution in [0.4, 0.5) is 5.69 Å². The number of anilines is 1. The average Bonchev–Trinajstić information content (AvgIpc) is 2.28.